The minimum atomic E-state index is -3.60. The summed E-state index contributed by atoms with van der Waals surface area (Å²) >= 11 is 0. The predicted molar refractivity (Wildman–Crippen MR) is 125 cm³/mol. The van der Waals surface area contributed by atoms with Gasteiger partial charge in [-0.2, -0.15) is 0 Å². The second-order valence-electron chi connectivity index (χ2n) is 7.76. The second kappa shape index (κ2) is 11.8. The fourth-order valence-corrected chi connectivity index (χ4v) is 4.60. The molecular formula is C24H33N3O4S. The van der Waals surface area contributed by atoms with Crippen LogP contribution >= 0.6 is 0 Å². The van der Waals surface area contributed by atoms with Crippen LogP contribution in [0.2, 0.25) is 0 Å². The molecule has 7 nitrogen and oxygen atoms in total. The van der Waals surface area contributed by atoms with Gasteiger partial charge in [-0.05, 0) is 50.5 Å². The van der Waals surface area contributed by atoms with Crippen LogP contribution in [0.4, 0.5) is 0 Å². The molecule has 0 saturated carbocycles. The van der Waals surface area contributed by atoms with E-state index in [1.54, 1.807) is 42.2 Å². The van der Waals surface area contributed by atoms with E-state index < -0.39 is 16.1 Å². The molecule has 2 rings (SSSR count). The first-order valence-electron chi connectivity index (χ1n) is 10.8. The zero-order valence-corrected chi connectivity index (χ0v) is 20.1. The lowest BCUT2D eigenvalue weighted by Gasteiger charge is -2.29. The van der Waals surface area contributed by atoms with E-state index in [1.165, 1.54) is 11.4 Å². The summed E-state index contributed by atoms with van der Waals surface area (Å²) in [7, 11) is -2.09. The van der Waals surface area contributed by atoms with E-state index in [9.17, 15) is 18.0 Å². The van der Waals surface area contributed by atoms with Crippen LogP contribution < -0.4 is 5.32 Å². The third kappa shape index (κ3) is 6.64. The fraction of sp³-hybridized carbons (Fsp3) is 0.417. The summed E-state index contributed by atoms with van der Waals surface area (Å²) in [5, 5.41) is 2.77. The molecule has 1 unspecified atom stereocenters. The molecule has 0 spiro atoms. The molecular weight excluding hydrogens is 426 g/mol. The number of rotatable bonds is 11. The van der Waals surface area contributed by atoms with E-state index in [4.69, 9.17) is 0 Å². The molecule has 2 aromatic rings. The molecule has 1 N–H and O–H groups in total. The molecule has 0 aromatic heterocycles. The average molecular weight is 460 g/mol. The number of nitrogens with zero attached hydrogens (tertiary/aromatic N) is 2. The molecule has 0 fully saturated rings. The van der Waals surface area contributed by atoms with Crippen molar-refractivity contribution in [1.29, 1.82) is 0 Å². The Labute approximate surface area is 191 Å². The lowest BCUT2D eigenvalue weighted by atomic mass is 10.1. The molecule has 2 aromatic carbocycles. The Kier molecular flexibility index (Phi) is 9.41. The van der Waals surface area contributed by atoms with Crippen LogP contribution in [-0.2, 0) is 26.2 Å². The highest BCUT2D eigenvalue weighted by molar-refractivity contribution is 7.89. The van der Waals surface area contributed by atoms with E-state index in [0.717, 1.165) is 11.1 Å². The number of carbonyl (C=O) groups excluding carboxylic acids is 2. The van der Waals surface area contributed by atoms with E-state index in [0.29, 0.717) is 19.5 Å². The largest absolute Gasteiger partial charge is 0.355 e. The molecule has 0 aliphatic carbocycles. The number of hydrogen-bond donors (Lipinski definition) is 1. The highest BCUT2D eigenvalue weighted by Crippen LogP contribution is 2.17. The predicted octanol–water partition coefficient (Wildman–Crippen LogP) is 2.95. The van der Waals surface area contributed by atoms with Crippen molar-refractivity contribution in [2.45, 2.75) is 51.1 Å². The number of sulfonamides is 1. The van der Waals surface area contributed by atoms with Crippen LogP contribution in [0, 0.1) is 6.92 Å². The molecule has 0 heterocycles. The number of hydrogen-bond acceptors (Lipinski definition) is 4. The van der Waals surface area contributed by atoms with Crippen molar-refractivity contribution < 1.29 is 18.0 Å². The van der Waals surface area contributed by atoms with Crippen LogP contribution in [0.1, 0.15) is 37.8 Å². The van der Waals surface area contributed by atoms with Crippen molar-refractivity contribution in [2.75, 3.05) is 20.1 Å². The zero-order valence-electron chi connectivity index (χ0n) is 19.2. The normalized spacial score (nSPS) is 12.4. The van der Waals surface area contributed by atoms with Gasteiger partial charge < -0.3 is 10.2 Å². The van der Waals surface area contributed by atoms with E-state index in [1.807, 2.05) is 38.1 Å². The van der Waals surface area contributed by atoms with E-state index in [2.05, 4.69) is 5.32 Å². The van der Waals surface area contributed by atoms with Crippen molar-refractivity contribution in [3.63, 3.8) is 0 Å². The van der Waals surface area contributed by atoms with Crippen molar-refractivity contribution >= 4 is 21.8 Å². The molecule has 0 aliphatic heterocycles. The highest BCUT2D eigenvalue weighted by Gasteiger charge is 2.26. The Morgan fingerprint density at radius 3 is 2.28 bits per heavy atom. The summed E-state index contributed by atoms with van der Waals surface area (Å²) in [6.07, 6.45) is 0.498. The number of nitrogens with one attached hydrogen (secondary N) is 1. The van der Waals surface area contributed by atoms with Crippen LogP contribution in [0.3, 0.4) is 0 Å². The number of aryl methyl sites for hydroxylation is 1. The third-order valence-corrected chi connectivity index (χ3v) is 7.31. The summed E-state index contributed by atoms with van der Waals surface area (Å²) in [5.41, 5.74) is 2.02. The highest BCUT2D eigenvalue weighted by atomic mass is 32.2. The van der Waals surface area contributed by atoms with Crippen molar-refractivity contribution in [3.8, 4) is 0 Å². The Balaban J connectivity index is 2.07. The third-order valence-electron chi connectivity index (χ3n) is 5.44. The number of benzene rings is 2. The molecule has 174 valence electrons. The molecule has 0 saturated heterocycles. The number of carbonyl (C=O) groups is 2. The Morgan fingerprint density at radius 1 is 1.03 bits per heavy atom. The average Bonchev–Trinajstić information content (AvgIpc) is 2.78. The standard InChI is InChI=1S/C24H33N3O4S/c1-5-25-24(29)20(3)27(18-21-13-10-9-12-19(21)2)23(28)16-11-17-26(4)32(30,31)22-14-7-6-8-15-22/h6-10,12-15,20H,5,11,16-18H2,1-4H3,(H,25,29). The molecule has 2 amide bonds. The Bertz CT molecular complexity index is 1010. The molecule has 8 heteroatoms. The topological polar surface area (TPSA) is 86.8 Å². The van der Waals surface area contributed by atoms with E-state index >= 15 is 0 Å². The van der Waals surface area contributed by atoms with Gasteiger partial charge in [-0.15, -0.1) is 0 Å². The maximum Gasteiger partial charge on any atom is 0.242 e. The summed E-state index contributed by atoms with van der Waals surface area (Å²) in [6.45, 7) is 6.53. The van der Waals surface area contributed by atoms with Crippen LogP contribution in [-0.4, -0.2) is 55.6 Å². The quantitative estimate of drug-likeness (QED) is 0.560. The lowest BCUT2D eigenvalue weighted by molar-refractivity contribution is -0.140. The summed E-state index contributed by atoms with van der Waals surface area (Å²) in [4.78, 5) is 27.3. The van der Waals surface area contributed by atoms with Crippen molar-refractivity contribution in [3.05, 3.63) is 65.7 Å². The molecule has 0 radical (unpaired) electrons. The molecule has 1 atom stereocenters. The smallest absolute Gasteiger partial charge is 0.242 e. The maximum absolute atomic E-state index is 13.1. The molecule has 32 heavy (non-hydrogen) atoms. The van der Waals surface area contributed by atoms with Gasteiger partial charge in [0.1, 0.15) is 6.04 Å². The van der Waals surface area contributed by atoms with E-state index in [-0.39, 0.29) is 29.7 Å². The van der Waals surface area contributed by atoms with Gasteiger partial charge in [0.25, 0.3) is 0 Å². The second-order valence-corrected chi connectivity index (χ2v) is 9.81. The van der Waals surface area contributed by atoms with Crippen LogP contribution in [0.5, 0.6) is 0 Å². The van der Waals surface area contributed by atoms with Gasteiger partial charge >= 0.3 is 0 Å². The van der Waals surface area contributed by atoms with Gasteiger partial charge in [-0.3, -0.25) is 9.59 Å². The summed E-state index contributed by atoms with van der Waals surface area (Å²) in [6, 6.07) is 15.3. The van der Waals surface area contributed by atoms with Gasteiger partial charge in [-0.25, -0.2) is 12.7 Å². The molecule has 0 aliphatic rings. The monoisotopic (exact) mass is 459 g/mol. The Hall–Kier alpha value is -2.71. The minimum Gasteiger partial charge on any atom is -0.355 e. The maximum atomic E-state index is 13.1. The zero-order chi connectivity index (χ0) is 23.7. The summed E-state index contributed by atoms with van der Waals surface area (Å²) < 4.78 is 26.6. The summed E-state index contributed by atoms with van der Waals surface area (Å²) in [5.74, 6) is -0.393. The molecule has 0 bridgehead atoms. The van der Waals surface area contributed by atoms with Gasteiger partial charge in [0.15, 0.2) is 0 Å². The first kappa shape index (κ1) is 25.5. The van der Waals surface area contributed by atoms with Gasteiger partial charge in [0.05, 0.1) is 4.90 Å². The first-order valence-corrected chi connectivity index (χ1v) is 12.3. The van der Waals surface area contributed by atoms with Crippen LogP contribution in [0.15, 0.2) is 59.5 Å². The number of likely N-dealkylation sites (N-methyl/N-ethyl adjacent to an activating group) is 1. The number of amides is 2. The van der Waals surface area contributed by atoms with Crippen LogP contribution in [0.25, 0.3) is 0 Å². The van der Waals surface area contributed by atoms with Crippen molar-refractivity contribution in [2.24, 2.45) is 0 Å². The van der Waals surface area contributed by atoms with Gasteiger partial charge in [0, 0.05) is 33.1 Å². The van der Waals surface area contributed by atoms with Gasteiger partial charge in [-0.1, -0.05) is 42.5 Å². The lowest BCUT2D eigenvalue weighted by Crippen LogP contribution is -2.47. The minimum absolute atomic E-state index is 0.143. The SMILES string of the molecule is CCNC(=O)C(C)N(Cc1ccccc1C)C(=O)CCCN(C)S(=O)(=O)c1ccccc1. The first-order chi connectivity index (χ1) is 15.2. The fourth-order valence-electron chi connectivity index (χ4n) is 3.36. The van der Waals surface area contributed by atoms with Crippen molar-refractivity contribution in [1.82, 2.24) is 14.5 Å². The van der Waals surface area contributed by atoms with Gasteiger partial charge in [0.2, 0.25) is 21.8 Å². The Morgan fingerprint density at radius 2 is 1.66 bits per heavy atom.